The van der Waals surface area contributed by atoms with E-state index < -0.39 is 5.97 Å². The standard InChI is InChI=1S/C17H14FN3O3S2/c1-2-24-16(23)13-9-26-17(20-13)21-14(22)7-12-8-25-15(19-12)10-4-3-5-11(18)6-10/h3-6,8-9H,2,7H2,1H3,(H,20,21,22). The number of halogens is 1. The number of carbonyl (C=O) groups is 2. The van der Waals surface area contributed by atoms with Crippen LogP contribution in [-0.4, -0.2) is 28.5 Å². The average molecular weight is 391 g/mol. The Kier molecular flexibility index (Phi) is 5.69. The maximum atomic E-state index is 13.3. The van der Waals surface area contributed by atoms with Gasteiger partial charge in [0.2, 0.25) is 5.91 Å². The third-order valence-electron chi connectivity index (χ3n) is 3.20. The van der Waals surface area contributed by atoms with E-state index >= 15 is 0 Å². The summed E-state index contributed by atoms with van der Waals surface area (Å²) in [5, 5.41) is 6.88. The lowest BCUT2D eigenvalue weighted by molar-refractivity contribution is -0.115. The first-order valence-electron chi connectivity index (χ1n) is 7.68. The van der Waals surface area contributed by atoms with Gasteiger partial charge in [-0.1, -0.05) is 12.1 Å². The molecule has 0 aliphatic rings. The molecule has 0 saturated carbocycles. The Morgan fingerprint density at radius 1 is 1.23 bits per heavy atom. The van der Waals surface area contributed by atoms with Gasteiger partial charge in [-0.2, -0.15) is 0 Å². The van der Waals surface area contributed by atoms with Crippen LogP contribution in [0.15, 0.2) is 35.0 Å². The van der Waals surface area contributed by atoms with Crippen molar-refractivity contribution in [2.24, 2.45) is 0 Å². The number of nitrogens with one attached hydrogen (secondary N) is 1. The van der Waals surface area contributed by atoms with E-state index in [-0.39, 0.29) is 30.4 Å². The highest BCUT2D eigenvalue weighted by Crippen LogP contribution is 2.24. The fourth-order valence-corrected chi connectivity index (χ4v) is 3.61. The van der Waals surface area contributed by atoms with E-state index in [9.17, 15) is 14.0 Å². The van der Waals surface area contributed by atoms with Crippen LogP contribution < -0.4 is 5.32 Å². The molecule has 0 aliphatic carbocycles. The number of nitrogens with zero attached hydrogens (tertiary/aromatic N) is 2. The lowest BCUT2D eigenvalue weighted by Gasteiger charge is -2.00. The number of hydrogen-bond acceptors (Lipinski definition) is 7. The van der Waals surface area contributed by atoms with Crippen LogP contribution in [0.4, 0.5) is 9.52 Å². The molecule has 26 heavy (non-hydrogen) atoms. The smallest absolute Gasteiger partial charge is 0.357 e. The Bertz CT molecular complexity index is 939. The fourth-order valence-electron chi connectivity index (χ4n) is 2.10. The molecule has 0 bridgehead atoms. The van der Waals surface area contributed by atoms with Gasteiger partial charge < -0.3 is 10.1 Å². The van der Waals surface area contributed by atoms with Crippen LogP contribution in [0.5, 0.6) is 0 Å². The molecule has 3 aromatic rings. The van der Waals surface area contributed by atoms with E-state index in [0.29, 0.717) is 21.4 Å². The summed E-state index contributed by atoms with van der Waals surface area (Å²) >= 11 is 2.48. The number of anilines is 1. The molecule has 0 radical (unpaired) electrons. The van der Waals surface area contributed by atoms with Crippen LogP contribution in [-0.2, 0) is 16.0 Å². The molecule has 0 aliphatic heterocycles. The Labute approximate surface area is 156 Å². The largest absolute Gasteiger partial charge is 0.461 e. The predicted octanol–water partition coefficient (Wildman–Crippen LogP) is 3.76. The molecule has 1 aromatic carbocycles. The number of hydrogen-bond donors (Lipinski definition) is 1. The minimum atomic E-state index is -0.525. The summed E-state index contributed by atoms with van der Waals surface area (Å²) < 4.78 is 18.1. The van der Waals surface area contributed by atoms with Crippen LogP contribution in [0.3, 0.4) is 0 Å². The Balaban J connectivity index is 1.61. The van der Waals surface area contributed by atoms with Crippen molar-refractivity contribution in [2.45, 2.75) is 13.3 Å². The summed E-state index contributed by atoms with van der Waals surface area (Å²) in [5.74, 6) is -1.16. The normalized spacial score (nSPS) is 10.5. The number of esters is 1. The molecule has 1 amide bonds. The first kappa shape index (κ1) is 18.2. The van der Waals surface area contributed by atoms with Gasteiger partial charge >= 0.3 is 5.97 Å². The number of benzene rings is 1. The van der Waals surface area contributed by atoms with Gasteiger partial charge in [-0.3, -0.25) is 4.79 Å². The van der Waals surface area contributed by atoms with Gasteiger partial charge in [0.15, 0.2) is 10.8 Å². The molecular formula is C17H14FN3O3S2. The Morgan fingerprint density at radius 2 is 2.08 bits per heavy atom. The molecule has 1 N–H and O–H groups in total. The van der Waals surface area contributed by atoms with E-state index in [4.69, 9.17) is 4.74 Å². The summed E-state index contributed by atoms with van der Waals surface area (Å²) in [5.41, 5.74) is 1.41. The summed E-state index contributed by atoms with van der Waals surface area (Å²) in [6, 6.07) is 6.14. The van der Waals surface area contributed by atoms with Crippen LogP contribution in [0.25, 0.3) is 10.6 Å². The first-order chi connectivity index (χ1) is 12.5. The molecule has 6 nitrogen and oxygen atoms in total. The number of amides is 1. The highest BCUT2D eigenvalue weighted by atomic mass is 32.1. The van der Waals surface area contributed by atoms with Crippen molar-refractivity contribution in [3.63, 3.8) is 0 Å². The number of ether oxygens (including phenoxy) is 1. The van der Waals surface area contributed by atoms with Gasteiger partial charge in [0.25, 0.3) is 0 Å². The SMILES string of the molecule is CCOC(=O)c1csc(NC(=O)Cc2csc(-c3cccc(F)c3)n2)n1. The molecule has 2 aromatic heterocycles. The van der Waals surface area contributed by atoms with Gasteiger partial charge in [-0.05, 0) is 19.1 Å². The summed E-state index contributed by atoms with van der Waals surface area (Å²) in [6.07, 6.45) is 0.0557. The number of carbonyl (C=O) groups excluding carboxylic acids is 2. The third kappa shape index (κ3) is 4.50. The molecule has 0 saturated heterocycles. The molecular weight excluding hydrogens is 377 g/mol. The summed E-state index contributed by atoms with van der Waals surface area (Å²) in [4.78, 5) is 32.1. The Morgan fingerprint density at radius 3 is 2.85 bits per heavy atom. The molecule has 0 spiro atoms. The summed E-state index contributed by atoms with van der Waals surface area (Å²) in [6.45, 7) is 1.97. The van der Waals surface area contributed by atoms with Crippen molar-refractivity contribution in [3.05, 3.63) is 52.2 Å². The molecule has 0 atom stereocenters. The second kappa shape index (κ2) is 8.15. The second-order valence-corrected chi connectivity index (χ2v) is 6.85. The van der Waals surface area contributed by atoms with Gasteiger partial charge in [0.1, 0.15) is 10.8 Å². The van der Waals surface area contributed by atoms with E-state index in [0.717, 1.165) is 11.3 Å². The fraction of sp³-hybridized carbons (Fsp3) is 0.176. The molecule has 9 heteroatoms. The van der Waals surface area contributed by atoms with E-state index in [2.05, 4.69) is 15.3 Å². The van der Waals surface area contributed by atoms with Crippen LogP contribution >= 0.6 is 22.7 Å². The zero-order chi connectivity index (χ0) is 18.5. The van der Waals surface area contributed by atoms with Crippen molar-refractivity contribution in [3.8, 4) is 10.6 Å². The third-order valence-corrected chi connectivity index (χ3v) is 4.90. The van der Waals surface area contributed by atoms with Gasteiger partial charge in [0.05, 0.1) is 18.7 Å². The lowest BCUT2D eigenvalue weighted by atomic mass is 10.2. The number of thiazole rings is 2. The molecule has 0 unspecified atom stereocenters. The van der Waals surface area contributed by atoms with Crippen molar-refractivity contribution in [1.29, 1.82) is 0 Å². The zero-order valence-corrected chi connectivity index (χ0v) is 15.3. The minimum absolute atomic E-state index is 0.0557. The van der Waals surface area contributed by atoms with Crippen molar-refractivity contribution in [2.75, 3.05) is 11.9 Å². The topological polar surface area (TPSA) is 81.2 Å². The average Bonchev–Trinajstić information content (AvgIpc) is 3.25. The van der Waals surface area contributed by atoms with E-state index in [1.165, 1.54) is 28.8 Å². The molecule has 3 rings (SSSR count). The lowest BCUT2D eigenvalue weighted by Crippen LogP contribution is -2.15. The quantitative estimate of drug-likeness (QED) is 0.647. The van der Waals surface area contributed by atoms with Gasteiger partial charge in [-0.15, -0.1) is 22.7 Å². The van der Waals surface area contributed by atoms with E-state index in [1.807, 2.05) is 0 Å². The van der Waals surface area contributed by atoms with Gasteiger partial charge in [-0.25, -0.2) is 19.2 Å². The molecule has 134 valence electrons. The highest BCUT2D eigenvalue weighted by Gasteiger charge is 2.14. The van der Waals surface area contributed by atoms with Crippen LogP contribution in [0.1, 0.15) is 23.1 Å². The predicted molar refractivity (Wildman–Crippen MR) is 97.9 cm³/mol. The minimum Gasteiger partial charge on any atom is -0.461 e. The van der Waals surface area contributed by atoms with Crippen molar-refractivity contribution >= 4 is 39.7 Å². The number of aromatic nitrogens is 2. The van der Waals surface area contributed by atoms with Crippen molar-refractivity contribution < 1.29 is 18.7 Å². The molecule has 2 heterocycles. The second-order valence-electron chi connectivity index (χ2n) is 5.14. The zero-order valence-electron chi connectivity index (χ0n) is 13.7. The molecule has 0 fully saturated rings. The van der Waals surface area contributed by atoms with Crippen LogP contribution in [0, 0.1) is 5.82 Å². The maximum absolute atomic E-state index is 13.3. The maximum Gasteiger partial charge on any atom is 0.357 e. The Hall–Kier alpha value is -2.65. The monoisotopic (exact) mass is 391 g/mol. The number of rotatable bonds is 6. The summed E-state index contributed by atoms with van der Waals surface area (Å²) in [7, 11) is 0. The van der Waals surface area contributed by atoms with E-state index in [1.54, 1.807) is 24.4 Å². The first-order valence-corrected chi connectivity index (χ1v) is 9.44. The van der Waals surface area contributed by atoms with Crippen molar-refractivity contribution in [1.82, 2.24) is 9.97 Å². The highest BCUT2D eigenvalue weighted by molar-refractivity contribution is 7.14. The van der Waals surface area contributed by atoms with Crippen LogP contribution in [0.2, 0.25) is 0 Å². The van der Waals surface area contributed by atoms with Gasteiger partial charge in [0, 0.05) is 16.3 Å².